The number of rotatable bonds is 6. The van der Waals surface area contributed by atoms with Crippen molar-refractivity contribution in [3.05, 3.63) is 99.5 Å². The number of alkyl halides is 3. The molecule has 0 unspecified atom stereocenters. The summed E-state index contributed by atoms with van der Waals surface area (Å²) in [7, 11) is 3.16. The molecule has 1 aliphatic heterocycles. The largest absolute Gasteiger partial charge is 0.497 e. The van der Waals surface area contributed by atoms with Crippen molar-refractivity contribution < 1.29 is 27.4 Å². The molecule has 1 aromatic heterocycles. The summed E-state index contributed by atoms with van der Waals surface area (Å²) >= 11 is 0. The molecule has 0 radical (unpaired) electrons. The number of aromatic nitrogens is 1. The molecule has 0 saturated heterocycles. The SMILES string of the molecule is COc1ccc(/C=C2/CCC[C@@H]3C2=NN(C(=O)Cn2cc(C(F)(F)F)ccc2=O)[C@@H]3c2ccc(OC)cc2)cc1. The Balaban J connectivity index is 1.52. The zero-order valence-corrected chi connectivity index (χ0v) is 22.0. The average molecular weight is 552 g/mol. The van der Waals surface area contributed by atoms with Crippen LogP contribution in [-0.2, 0) is 17.5 Å². The van der Waals surface area contributed by atoms with E-state index in [0.29, 0.717) is 18.0 Å². The summed E-state index contributed by atoms with van der Waals surface area (Å²) in [5.74, 6) is 0.699. The van der Waals surface area contributed by atoms with Crippen LogP contribution in [0.3, 0.4) is 0 Å². The third-order valence-electron chi connectivity index (χ3n) is 7.29. The van der Waals surface area contributed by atoms with Crippen LogP contribution in [0.25, 0.3) is 6.08 Å². The lowest BCUT2D eigenvalue weighted by Crippen LogP contribution is -2.36. The molecule has 1 amide bonds. The van der Waals surface area contributed by atoms with Gasteiger partial charge in [-0.1, -0.05) is 24.3 Å². The monoisotopic (exact) mass is 551 g/mol. The van der Waals surface area contributed by atoms with Crippen molar-refractivity contribution in [3.8, 4) is 11.5 Å². The van der Waals surface area contributed by atoms with Gasteiger partial charge in [-0.15, -0.1) is 0 Å². The first-order valence-corrected chi connectivity index (χ1v) is 12.8. The quantitative estimate of drug-likeness (QED) is 0.394. The first kappa shape index (κ1) is 27.2. The van der Waals surface area contributed by atoms with Gasteiger partial charge in [0.25, 0.3) is 11.5 Å². The van der Waals surface area contributed by atoms with Crippen LogP contribution in [0.2, 0.25) is 0 Å². The molecule has 40 heavy (non-hydrogen) atoms. The van der Waals surface area contributed by atoms with E-state index in [0.717, 1.165) is 58.1 Å². The second-order valence-electron chi connectivity index (χ2n) is 9.76. The maximum atomic E-state index is 13.6. The van der Waals surface area contributed by atoms with E-state index in [4.69, 9.17) is 14.6 Å². The summed E-state index contributed by atoms with van der Waals surface area (Å²) in [5.41, 5.74) is 1.84. The minimum atomic E-state index is -4.64. The molecule has 1 fully saturated rings. The smallest absolute Gasteiger partial charge is 0.417 e. The first-order valence-electron chi connectivity index (χ1n) is 12.8. The van der Waals surface area contributed by atoms with Gasteiger partial charge in [-0.3, -0.25) is 9.59 Å². The molecule has 5 rings (SSSR count). The van der Waals surface area contributed by atoms with Gasteiger partial charge in [0.05, 0.1) is 31.5 Å². The van der Waals surface area contributed by atoms with Crippen molar-refractivity contribution in [2.24, 2.45) is 11.0 Å². The van der Waals surface area contributed by atoms with E-state index in [-0.39, 0.29) is 5.92 Å². The fourth-order valence-corrected chi connectivity index (χ4v) is 5.28. The molecule has 0 bridgehead atoms. The Morgan fingerprint density at radius 2 is 1.65 bits per heavy atom. The Bertz CT molecular complexity index is 1510. The second-order valence-corrected chi connectivity index (χ2v) is 9.76. The Kier molecular flexibility index (Phi) is 7.51. The van der Waals surface area contributed by atoms with Gasteiger partial charge in [-0.25, -0.2) is 5.01 Å². The van der Waals surface area contributed by atoms with Gasteiger partial charge in [0, 0.05) is 18.2 Å². The average Bonchev–Trinajstić information content (AvgIpc) is 3.35. The number of hydrogen-bond acceptors (Lipinski definition) is 5. The molecule has 1 aliphatic carbocycles. The van der Waals surface area contributed by atoms with Crippen molar-refractivity contribution in [2.45, 2.75) is 38.0 Å². The number of methoxy groups -OCH3 is 2. The van der Waals surface area contributed by atoms with Gasteiger partial charge in [-0.2, -0.15) is 18.3 Å². The number of ether oxygens (including phenoxy) is 2. The van der Waals surface area contributed by atoms with Crippen LogP contribution in [0.1, 0.15) is 42.0 Å². The summed E-state index contributed by atoms with van der Waals surface area (Å²) < 4.78 is 51.2. The third kappa shape index (κ3) is 5.52. The number of benzene rings is 2. The number of fused-ring (bicyclic) bond motifs is 1. The predicted octanol–water partition coefficient (Wildman–Crippen LogP) is 5.71. The van der Waals surface area contributed by atoms with Crippen molar-refractivity contribution in [3.63, 3.8) is 0 Å². The lowest BCUT2D eigenvalue weighted by Gasteiger charge is -2.30. The van der Waals surface area contributed by atoms with Gasteiger partial charge < -0.3 is 14.0 Å². The van der Waals surface area contributed by atoms with Crippen molar-refractivity contribution >= 4 is 17.7 Å². The van der Waals surface area contributed by atoms with Crippen LogP contribution >= 0.6 is 0 Å². The molecule has 3 aromatic rings. The minimum Gasteiger partial charge on any atom is -0.497 e. The van der Waals surface area contributed by atoms with Crippen molar-refractivity contribution in [1.82, 2.24) is 9.58 Å². The van der Waals surface area contributed by atoms with Crippen LogP contribution in [0.15, 0.2) is 82.3 Å². The van der Waals surface area contributed by atoms with Gasteiger partial charge >= 0.3 is 6.18 Å². The molecule has 1 saturated carbocycles. The van der Waals surface area contributed by atoms with E-state index in [1.165, 1.54) is 5.01 Å². The molecule has 2 heterocycles. The van der Waals surface area contributed by atoms with Gasteiger partial charge in [0.15, 0.2) is 0 Å². The predicted molar refractivity (Wildman–Crippen MR) is 144 cm³/mol. The van der Waals surface area contributed by atoms with Crippen LogP contribution in [0.5, 0.6) is 11.5 Å². The number of amides is 1. The van der Waals surface area contributed by atoms with Crippen LogP contribution < -0.4 is 15.0 Å². The van der Waals surface area contributed by atoms with Crippen molar-refractivity contribution in [1.29, 1.82) is 0 Å². The Morgan fingerprint density at radius 1 is 1.00 bits per heavy atom. The first-order chi connectivity index (χ1) is 19.2. The molecule has 208 valence electrons. The topological polar surface area (TPSA) is 73.1 Å². The number of pyridine rings is 1. The second kappa shape index (κ2) is 11.0. The highest BCUT2D eigenvalue weighted by Gasteiger charge is 2.44. The normalized spacial score (nSPS) is 19.8. The molecule has 2 aliphatic rings. The van der Waals surface area contributed by atoms with E-state index in [9.17, 15) is 22.8 Å². The van der Waals surface area contributed by atoms with E-state index in [1.54, 1.807) is 26.4 Å². The molecule has 2 atom stereocenters. The maximum absolute atomic E-state index is 13.6. The highest BCUT2D eigenvalue weighted by atomic mass is 19.4. The summed E-state index contributed by atoms with van der Waals surface area (Å²) in [6.07, 6.45) is 0.505. The Hall–Kier alpha value is -4.34. The number of nitrogens with zero attached hydrogens (tertiary/aromatic N) is 3. The molecular formula is C30H28F3N3O4. The zero-order valence-electron chi connectivity index (χ0n) is 22.0. The number of carbonyl (C=O) groups is 1. The maximum Gasteiger partial charge on any atom is 0.417 e. The summed E-state index contributed by atoms with van der Waals surface area (Å²) in [5, 5.41) is 6.09. The van der Waals surface area contributed by atoms with Crippen LogP contribution in [0, 0.1) is 5.92 Å². The van der Waals surface area contributed by atoms with E-state index < -0.39 is 35.8 Å². The zero-order chi connectivity index (χ0) is 28.4. The van der Waals surface area contributed by atoms with E-state index in [2.05, 4.69) is 0 Å². The van der Waals surface area contributed by atoms with Gasteiger partial charge in [0.2, 0.25) is 0 Å². The van der Waals surface area contributed by atoms with Gasteiger partial charge in [-0.05, 0) is 72.4 Å². The molecule has 10 heteroatoms. The highest BCUT2D eigenvalue weighted by Crippen LogP contribution is 2.44. The summed E-state index contributed by atoms with van der Waals surface area (Å²) in [4.78, 5) is 26.0. The molecular weight excluding hydrogens is 523 g/mol. The van der Waals surface area contributed by atoms with Crippen molar-refractivity contribution in [2.75, 3.05) is 14.2 Å². The number of hydrazone groups is 1. The fraction of sp³-hybridized carbons (Fsp3) is 0.300. The fourth-order valence-electron chi connectivity index (χ4n) is 5.28. The van der Waals surface area contributed by atoms with E-state index in [1.807, 2.05) is 42.5 Å². The van der Waals surface area contributed by atoms with Crippen LogP contribution in [0.4, 0.5) is 13.2 Å². The minimum absolute atomic E-state index is 0.117. The third-order valence-corrected chi connectivity index (χ3v) is 7.29. The lowest BCUT2D eigenvalue weighted by atomic mass is 9.77. The number of halogens is 3. The lowest BCUT2D eigenvalue weighted by molar-refractivity contribution is -0.139. The van der Waals surface area contributed by atoms with Crippen LogP contribution in [-0.4, -0.2) is 35.4 Å². The Labute approximate surface area is 229 Å². The number of carbonyl (C=O) groups excluding carboxylic acids is 1. The van der Waals surface area contributed by atoms with E-state index >= 15 is 0 Å². The van der Waals surface area contributed by atoms with Gasteiger partial charge in [0.1, 0.15) is 18.0 Å². The standard InChI is InChI=1S/C30H28F3N3O4/c1-39-23-11-6-19(7-12-23)16-21-4-3-5-25-28(21)34-36(29(25)20-8-13-24(40-2)14-9-20)27(38)18-35-17-22(30(31,32)33)10-15-26(35)37/h6-17,25,29H,3-5,18H2,1-2H3/b21-16-/t25-,29-/m1/s1. The molecule has 2 aromatic carbocycles. The highest BCUT2D eigenvalue weighted by molar-refractivity contribution is 6.08. The summed E-state index contributed by atoms with van der Waals surface area (Å²) in [6, 6.07) is 16.0. The molecule has 0 spiro atoms. The Morgan fingerprint density at radius 3 is 2.27 bits per heavy atom. The summed E-state index contributed by atoms with van der Waals surface area (Å²) in [6.45, 7) is -0.573. The molecule has 0 N–H and O–H groups in total. The number of allylic oxidation sites excluding steroid dienone is 1. The molecule has 7 nitrogen and oxygen atoms in total. The number of hydrogen-bond donors (Lipinski definition) is 0.